The van der Waals surface area contributed by atoms with E-state index in [0.717, 1.165) is 0 Å². The molecule has 58 valence electrons. The maximum Gasteiger partial charge on any atom is 0.285 e. The summed E-state index contributed by atoms with van der Waals surface area (Å²) in [6.07, 6.45) is 1.18. The molecule has 11 heavy (non-hydrogen) atoms. The normalized spacial score (nSPS) is 9.45. The summed E-state index contributed by atoms with van der Waals surface area (Å²) < 4.78 is 4.61. The maximum atomic E-state index is 10.5. The van der Waals surface area contributed by atoms with Crippen molar-refractivity contribution < 1.29 is 14.0 Å². The summed E-state index contributed by atoms with van der Waals surface area (Å²) in [5, 5.41) is 0. The number of rotatable bonds is 2. The highest BCUT2D eigenvalue weighted by Gasteiger charge is 2.15. The number of amides is 2. The van der Waals surface area contributed by atoms with Crippen LogP contribution in [0, 0.1) is 0 Å². The Labute approximate surface area is 62.0 Å². The van der Waals surface area contributed by atoms with Gasteiger partial charge in [0.05, 0.1) is 11.8 Å². The summed E-state index contributed by atoms with van der Waals surface area (Å²) in [4.78, 5) is 21.0. The topological polar surface area (TPSA) is 99.3 Å². The van der Waals surface area contributed by atoms with Crippen LogP contribution in [0.1, 0.15) is 20.9 Å². The minimum absolute atomic E-state index is 0.0116. The molecule has 4 N–H and O–H groups in total. The van der Waals surface area contributed by atoms with E-state index < -0.39 is 11.8 Å². The van der Waals surface area contributed by atoms with Crippen molar-refractivity contribution in [2.75, 3.05) is 0 Å². The molecule has 1 aromatic rings. The second-order valence-corrected chi connectivity index (χ2v) is 1.89. The number of furan rings is 1. The Morgan fingerprint density at radius 3 is 2.27 bits per heavy atom. The third-order valence-corrected chi connectivity index (χ3v) is 1.15. The summed E-state index contributed by atoms with van der Waals surface area (Å²) in [5.41, 5.74) is 9.76. The van der Waals surface area contributed by atoms with E-state index in [0.29, 0.717) is 0 Å². The Bertz CT molecular complexity index is 274. The van der Waals surface area contributed by atoms with Crippen molar-refractivity contribution in [3.8, 4) is 0 Å². The van der Waals surface area contributed by atoms with Gasteiger partial charge in [-0.2, -0.15) is 0 Å². The molecule has 0 spiro atoms. The Hall–Kier alpha value is -1.78. The van der Waals surface area contributed by atoms with Gasteiger partial charge in [-0.25, -0.2) is 0 Å². The highest BCUT2D eigenvalue weighted by Crippen LogP contribution is 2.07. The number of nitrogens with two attached hydrogens (primary N) is 2. The van der Waals surface area contributed by atoms with Crippen LogP contribution in [0.5, 0.6) is 0 Å². The zero-order chi connectivity index (χ0) is 8.43. The molecule has 0 unspecified atom stereocenters. The highest BCUT2D eigenvalue weighted by atomic mass is 16.3. The van der Waals surface area contributed by atoms with E-state index in [9.17, 15) is 9.59 Å². The van der Waals surface area contributed by atoms with E-state index in [-0.39, 0.29) is 11.3 Å². The molecule has 1 heterocycles. The zero-order valence-electron chi connectivity index (χ0n) is 5.53. The smallest absolute Gasteiger partial charge is 0.285 e. The van der Waals surface area contributed by atoms with Crippen molar-refractivity contribution in [2.24, 2.45) is 11.5 Å². The largest absolute Gasteiger partial charge is 0.458 e. The van der Waals surface area contributed by atoms with Gasteiger partial charge in [0.25, 0.3) is 11.8 Å². The van der Waals surface area contributed by atoms with Gasteiger partial charge >= 0.3 is 0 Å². The zero-order valence-corrected chi connectivity index (χ0v) is 5.53. The highest BCUT2D eigenvalue weighted by molar-refractivity contribution is 6.04. The fourth-order valence-electron chi connectivity index (χ4n) is 0.694. The number of hydrogen-bond donors (Lipinski definition) is 2. The minimum atomic E-state index is -0.802. The Kier molecular flexibility index (Phi) is 1.63. The van der Waals surface area contributed by atoms with Gasteiger partial charge < -0.3 is 15.9 Å². The Morgan fingerprint density at radius 1 is 1.27 bits per heavy atom. The molecule has 5 nitrogen and oxygen atoms in total. The van der Waals surface area contributed by atoms with E-state index in [1.807, 2.05) is 0 Å². The van der Waals surface area contributed by atoms with Crippen LogP contribution in [0.2, 0.25) is 0 Å². The van der Waals surface area contributed by atoms with E-state index >= 15 is 0 Å². The van der Waals surface area contributed by atoms with Crippen molar-refractivity contribution in [1.82, 2.24) is 0 Å². The molecule has 0 bridgehead atoms. The van der Waals surface area contributed by atoms with Crippen LogP contribution in [0.25, 0.3) is 0 Å². The van der Waals surface area contributed by atoms with Crippen LogP contribution in [0.4, 0.5) is 0 Å². The standard InChI is InChI=1S/C6H6N2O3/c7-5(9)3-1-2-11-4(3)6(8)10/h1-2H,(H2,7,9)(H2,8,10). The fraction of sp³-hybridized carbons (Fsp3) is 0. The van der Waals surface area contributed by atoms with Gasteiger partial charge in [-0.05, 0) is 6.07 Å². The number of carbonyl (C=O) groups excluding carboxylic acids is 2. The van der Waals surface area contributed by atoms with E-state index in [1.54, 1.807) is 0 Å². The van der Waals surface area contributed by atoms with Gasteiger partial charge in [0.1, 0.15) is 0 Å². The van der Waals surface area contributed by atoms with Gasteiger partial charge in [0.15, 0.2) is 0 Å². The first-order valence-electron chi connectivity index (χ1n) is 2.80. The lowest BCUT2D eigenvalue weighted by atomic mass is 10.2. The molecule has 0 radical (unpaired) electrons. The fourth-order valence-corrected chi connectivity index (χ4v) is 0.694. The third-order valence-electron chi connectivity index (χ3n) is 1.15. The van der Waals surface area contributed by atoms with Crippen LogP contribution in [-0.4, -0.2) is 11.8 Å². The van der Waals surface area contributed by atoms with Crippen molar-refractivity contribution in [3.05, 3.63) is 23.7 Å². The predicted octanol–water partition coefficient (Wildman–Crippen LogP) is -0.523. The summed E-state index contributed by atoms with van der Waals surface area (Å²) >= 11 is 0. The molecular formula is C6H6N2O3. The lowest BCUT2D eigenvalue weighted by Crippen LogP contribution is -2.18. The molecule has 0 aromatic carbocycles. The van der Waals surface area contributed by atoms with Crippen LogP contribution < -0.4 is 11.5 Å². The van der Waals surface area contributed by atoms with Crippen molar-refractivity contribution in [2.45, 2.75) is 0 Å². The first kappa shape index (κ1) is 7.33. The van der Waals surface area contributed by atoms with Crippen LogP contribution in [0.15, 0.2) is 16.7 Å². The van der Waals surface area contributed by atoms with Gasteiger partial charge in [0, 0.05) is 0 Å². The Morgan fingerprint density at radius 2 is 1.91 bits per heavy atom. The van der Waals surface area contributed by atoms with Crippen molar-refractivity contribution >= 4 is 11.8 Å². The first-order valence-corrected chi connectivity index (χ1v) is 2.80. The molecule has 0 aliphatic heterocycles. The second-order valence-electron chi connectivity index (χ2n) is 1.89. The molecular weight excluding hydrogens is 148 g/mol. The number of carbonyl (C=O) groups is 2. The van der Waals surface area contributed by atoms with Gasteiger partial charge in [0.2, 0.25) is 5.76 Å². The lowest BCUT2D eigenvalue weighted by molar-refractivity contribution is 0.0947. The molecule has 0 fully saturated rings. The molecule has 0 aliphatic rings. The van der Waals surface area contributed by atoms with Crippen LogP contribution >= 0.6 is 0 Å². The van der Waals surface area contributed by atoms with E-state index in [2.05, 4.69) is 4.42 Å². The molecule has 0 aliphatic carbocycles. The predicted molar refractivity (Wildman–Crippen MR) is 35.7 cm³/mol. The minimum Gasteiger partial charge on any atom is -0.458 e. The molecule has 0 atom stereocenters. The molecule has 1 rings (SSSR count). The summed E-state index contributed by atoms with van der Waals surface area (Å²) in [6, 6.07) is 1.29. The summed E-state index contributed by atoms with van der Waals surface area (Å²) in [7, 11) is 0. The molecule has 2 amide bonds. The van der Waals surface area contributed by atoms with Crippen molar-refractivity contribution in [3.63, 3.8) is 0 Å². The quantitative estimate of drug-likeness (QED) is 0.599. The molecule has 0 saturated carbocycles. The average Bonchev–Trinajstić information content (AvgIpc) is 2.32. The molecule has 1 aromatic heterocycles. The van der Waals surface area contributed by atoms with Crippen LogP contribution in [-0.2, 0) is 0 Å². The average molecular weight is 154 g/mol. The Balaban J connectivity index is 3.16. The maximum absolute atomic E-state index is 10.5. The number of primary amides is 2. The van der Waals surface area contributed by atoms with Gasteiger partial charge in [-0.1, -0.05) is 0 Å². The first-order chi connectivity index (χ1) is 5.13. The number of hydrogen-bond acceptors (Lipinski definition) is 3. The second kappa shape index (κ2) is 2.45. The van der Waals surface area contributed by atoms with Crippen LogP contribution in [0.3, 0.4) is 0 Å². The third kappa shape index (κ3) is 1.21. The van der Waals surface area contributed by atoms with Gasteiger partial charge in [-0.15, -0.1) is 0 Å². The monoisotopic (exact) mass is 154 g/mol. The molecule has 0 saturated heterocycles. The summed E-state index contributed by atoms with van der Waals surface area (Å²) in [6.45, 7) is 0. The summed E-state index contributed by atoms with van der Waals surface area (Å²) in [5.74, 6) is -1.73. The van der Waals surface area contributed by atoms with Gasteiger partial charge in [-0.3, -0.25) is 9.59 Å². The molecule has 5 heteroatoms. The van der Waals surface area contributed by atoms with E-state index in [4.69, 9.17) is 11.5 Å². The van der Waals surface area contributed by atoms with Crippen molar-refractivity contribution in [1.29, 1.82) is 0 Å². The lowest BCUT2D eigenvalue weighted by Gasteiger charge is -1.90. The van der Waals surface area contributed by atoms with E-state index in [1.165, 1.54) is 12.3 Å². The SMILES string of the molecule is NC(=O)c1ccoc1C(N)=O.